The van der Waals surface area contributed by atoms with Gasteiger partial charge in [-0.25, -0.2) is 0 Å². The van der Waals surface area contributed by atoms with E-state index in [4.69, 9.17) is 9.47 Å². The van der Waals surface area contributed by atoms with Crippen LogP contribution in [0.25, 0.3) is 0 Å². The first-order valence-electron chi connectivity index (χ1n) is 10.3. The minimum absolute atomic E-state index is 0.256. The van der Waals surface area contributed by atoms with Crippen molar-refractivity contribution in [1.82, 2.24) is 9.80 Å². The van der Waals surface area contributed by atoms with E-state index in [-0.39, 0.29) is 5.41 Å². The number of carbonyl (C=O) groups is 1. The zero-order valence-electron chi connectivity index (χ0n) is 17.1. The Labute approximate surface area is 163 Å². The Morgan fingerprint density at radius 2 is 2.00 bits per heavy atom. The maximum absolute atomic E-state index is 12.3. The Hall–Kier alpha value is -1.75. The predicted molar refractivity (Wildman–Crippen MR) is 107 cm³/mol. The van der Waals surface area contributed by atoms with Gasteiger partial charge in [0.1, 0.15) is 0 Å². The number of nitrogens with zero attached hydrogens (tertiary/aromatic N) is 2. The summed E-state index contributed by atoms with van der Waals surface area (Å²) in [6.45, 7) is 7.06. The molecule has 5 nitrogen and oxygen atoms in total. The molecular weight excluding hydrogens is 340 g/mol. The van der Waals surface area contributed by atoms with Gasteiger partial charge in [-0.2, -0.15) is 0 Å². The van der Waals surface area contributed by atoms with E-state index in [1.807, 2.05) is 12.1 Å². The van der Waals surface area contributed by atoms with Crippen molar-refractivity contribution >= 4 is 5.91 Å². The second-order valence-corrected chi connectivity index (χ2v) is 8.14. The third kappa shape index (κ3) is 4.57. The van der Waals surface area contributed by atoms with Crippen LogP contribution in [0.3, 0.4) is 0 Å². The van der Waals surface area contributed by atoms with Crippen LogP contribution in [-0.2, 0) is 11.3 Å². The van der Waals surface area contributed by atoms with Gasteiger partial charge in [0.05, 0.1) is 14.2 Å². The first-order chi connectivity index (χ1) is 13.1. The molecule has 2 saturated heterocycles. The van der Waals surface area contributed by atoms with E-state index in [9.17, 15) is 4.79 Å². The number of likely N-dealkylation sites (tertiary alicyclic amines) is 2. The molecule has 1 aromatic rings. The first kappa shape index (κ1) is 20.0. The summed E-state index contributed by atoms with van der Waals surface area (Å²) in [7, 11) is 3.39. The van der Waals surface area contributed by atoms with E-state index in [0.717, 1.165) is 63.5 Å². The molecule has 0 saturated carbocycles. The third-order valence-corrected chi connectivity index (χ3v) is 6.15. The van der Waals surface area contributed by atoms with E-state index in [1.165, 1.54) is 18.4 Å². The van der Waals surface area contributed by atoms with E-state index < -0.39 is 0 Å². The van der Waals surface area contributed by atoms with Crippen molar-refractivity contribution < 1.29 is 14.3 Å². The molecular formula is C22H34N2O3. The quantitative estimate of drug-likeness (QED) is 0.730. The number of piperidine rings is 2. The maximum Gasteiger partial charge on any atom is 0.222 e. The van der Waals surface area contributed by atoms with Crippen LogP contribution in [-0.4, -0.2) is 56.1 Å². The molecule has 1 atom stereocenters. The lowest BCUT2D eigenvalue weighted by Gasteiger charge is -2.48. The molecule has 150 valence electrons. The minimum Gasteiger partial charge on any atom is -0.493 e. The molecule has 3 rings (SSSR count). The molecule has 0 N–H and O–H groups in total. The Morgan fingerprint density at radius 3 is 2.74 bits per heavy atom. The van der Waals surface area contributed by atoms with Gasteiger partial charge in [-0.3, -0.25) is 9.69 Å². The van der Waals surface area contributed by atoms with Gasteiger partial charge < -0.3 is 14.4 Å². The molecule has 27 heavy (non-hydrogen) atoms. The summed E-state index contributed by atoms with van der Waals surface area (Å²) in [5.41, 5.74) is 1.43. The van der Waals surface area contributed by atoms with Crippen molar-refractivity contribution in [3.05, 3.63) is 23.8 Å². The second kappa shape index (κ2) is 8.96. The van der Waals surface area contributed by atoms with Crippen LogP contribution >= 0.6 is 0 Å². The molecule has 0 radical (unpaired) electrons. The van der Waals surface area contributed by atoms with Gasteiger partial charge in [-0.1, -0.05) is 25.5 Å². The first-order valence-corrected chi connectivity index (χ1v) is 10.3. The summed E-state index contributed by atoms with van der Waals surface area (Å²) in [6.07, 6.45) is 6.40. The zero-order valence-corrected chi connectivity index (χ0v) is 17.1. The van der Waals surface area contributed by atoms with Crippen LogP contribution in [0.4, 0.5) is 0 Å². The average Bonchev–Trinajstić information content (AvgIpc) is 2.69. The van der Waals surface area contributed by atoms with Gasteiger partial charge in [0.2, 0.25) is 5.91 Å². The highest BCUT2D eigenvalue weighted by Gasteiger charge is 2.41. The van der Waals surface area contributed by atoms with Crippen molar-refractivity contribution in [2.24, 2.45) is 5.41 Å². The lowest BCUT2D eigenvalue weighted by atomic mass is 9.73. The van der Waals surface area contributed by atoms with E-state index in [2.05, 4.69) is 22.8 Å². The summed E-state index contributed by atoms with van der Waals surface area (Å²) >= 11 is 0. The molecule has 2 heterocycles. The minimum atomic E-state index is 0.256. The van der Waals surface area contributed by atoms with E-state index in [0.29, 0.717) is 12.3 Å². The van der Waals surface area contributed by atoms with Crippen LogP contribution in [0.5, 0.6) is 11.5 Å². The summed E-state index contributed by atoms with van der Waals surface area (Å²) < 4.78 is 11.1. The third-order valence-electron chi connectivity index (χ3n) is 6.15. The molecule has 1 spiro atoms. The molecule has 0 aliphatic carbocycles. The zero-order chi connectivity index (χ0) is 19.3. The highest BCUT2D eigenvalue weighted by molar-refractivity contribution is 5.77. The number of ether oxygens (including phenoxy) is 2. The standard InChI is InChI=1S/C22H34N2O3/c1-4-5-14-24-17-22(12-10-20(24)25)11-7-13-23(16-22)15-18-8-6-9-19(26-2)21(18)27-3/h6,8-9H,4-5,7,10-17H2,1-3H3/t22-/m1/s1. The van der Waals surface area contributed by atoms with Crippen LogP contribution in [0.15, 0.2) is 18.2 Å². The summed E-state index contributed by atoms with van der Waals surface area (Å²) in [5, 5.41) is 0. The number of methoxy groups -OCH3 is 2. The van der Waals surface area contributed by atoms with Gasteiger partial charge in [0, 0.05) is 43.6 Å². The van der Waals surface area contributed by atoms with Crippen molar-refractivity contribution in [1.29, 1.82) is 0 Å². The van der Waals surface area contributed by atoms with Crippen molar-refractivity contribution in [2.45, 2.75) is 52.0 Å². The Morgan fingerprint density at radius 1 is 1.15 bits per heavy atom. The molecule has 2 aliphatic heterocycles. The lowest BCUT2D eigenvalue weighted by molar-refractivity contribution is -0.139. The molecule has 1 amide bonds. The maximum atomic E-state index is 12.3. The number of benzene rings is 1. The van der Waals surface area contributed by atoms with Crippen molar-refractivity contribution in [2.75, 3.05) is 40.4 Å². The van der Waals surface area contributed by atoms with Crippen molar-refractivity contribution in [3.8, 4) is 11.5 Å². The van der Waals surface area contributed by atoms with Gasteiger partial charge in [-0.15, -0.1) is 0 Å². The van der Waals surface area contributed by atoms with Gasteiger partial charge in [0.25, 0.3) is 0 Å². The van der Waals surface area contributed by atoms with Crippen LogP contribution < -0.4 is 9.47 Å². The van der Waals surface area contributed by atoms with Crippen LogP contribution in [0.1, 0.15) is 51.0 Å². The fourth-order valence-corrected chi connectivity index (χ4v) is 4.75. The largest absolute Gasteiger partial charge is 0.493 e. The summed E-state index contributed by atoms with van der Waals surface area (Å²) in [6, 6.07) is 6.10. The normalized spacial score (nSPS) is 23.7. The predicted octanol–water partition coefficient (Wildman–Crippen LogP) is 3.71. The topological polar surface area (TPSA) is 42.0 Å². The van der Waals surface area contributed by atoms with Gasteiger partial charge in [0.15, 0.2) is 11.5 Å². The molecule has 0 unspecified atom stereocenters. The molecule has 2 fully saturated rings. The summed E-state index contributed by atoms with van der Waals surface area (Å²) in [4.78, 5) is 17.0. The van der Waals surface area contributed by atoms with E-state index in [1.54, 1.807) is 14.2 Å². The molecule has 1 aromatic carbocycles. The fraction of sp³-hybridized carbons (Fsp3) is 0.682. The van der Waals surface area contributed by atoms with Crippen molar-refractivity contribution in [3.63, 3.8) is 0 Å². The summed E-state index contributed by atoms with van der Waals surface area (Å²) in [5.74, 6) is 1.97. The monoisotopic (exact) mass is 374 g/mol. The number of carbonyl (C=O) groups excluding carboxylic acids is 1. The molecule has 0 bridgehead atoms. The number of para-hydroxylation sites is 1. The molecule has 0 aromatic heterocycles. The highest BCUT2D eigenvalue weighted by Crippen LogP contribution is 2.40. The Bertz CT molecular complexity index is 648. The number of hydrogen-bond acceptors (Lipinski definition) is 4. The Kier molecular flexibility index (Phi) is 6.64. The second-order valence-electron chi connectivity index (χ2n) is 8.14. The average molecular weight is 375 g/mol. The highest BCUT2D eigenvalue weighted by atomic mass is 16.5. The molecule has 5 heteroatoms. The fourth-order valence-electron chi connectivity index (χ4n) is 4.75. The van der Waals surface area contributed by atoms with Gasteiger partial charge in [-0.05, 0) is 38.3 Å². The number of amides is 1. The smallest absolute Gasteiger partial charge is 0.222 e. The van der Waals surface area contributed by atoms with Gasteiger partial charge >= 0.3 is 0 Å². The van der Waals surface area contributed by atoms with E-state index >= 15 is 0 Å². The molecule has 2 aliphatic rings. The number of unbranched alkanes of at least 4 members (excludes halogenated alkanes) is 1. The SMILES string of the molecule is CCCCN1C[C@]2(CCCN(Cc3cccc(OC)c3OC)C2)CCC1=O. The lowest BCUT2D eigenvalue weighted by Crippen LogP contribution is -2.53. The Balaban J connectivity index is 1.70. The van der Waals surface area contributed by atoms with Crippen LogP contribution in [0, 0.1) is 5.41 Å². The number of hydrogen-bond donors (Lipinski definition) is 0. The van der Waals surface area contributed by atoms with Crippen LogP contribution in [0.2, 0.25) is 0 Å². The number of rotatable bonds is 7.